The number of ether oxygens (including phenoxy) is 2. The number of unbranched alkanes of at least 4 members (excludes halogenated alkanes) is 1. The van der Waals surface area contributed by atoms with Crippen LogP contribution >= 0.6 is 0 Å². The predicted molar refractivity (Wildman–Crippen MR) is 109 cm³/mol. The molecule has 1 amide bonds. The molecule has 1 atom stereocenters. The average Bonchev–Trinajstić information content (AvgIpc) is 3.20. The lowest BCUT2D eigenvalue weighted by molar-refractivity contribution is -0.136. The van der Waals surface area contributed by atoms with Crippen molar-refractivity contribution in [1.82, 2.24) is 9.88 Å². The molecular weight excluding hydrogens is 352 g/mol. The number of amides is 1. The molecule has 0 spiro atoms. The van der Waals surface area contributed by atoms with Gasteiger partial charge in [0.1, 0.15) is 0 Å². The molecule has 0 saturated carbocycles. The van der Waals surface area contributed by atoms with Gasteiger partial charge in [-0.2, -0.15) is 0 Å². The van der Waals surface area contributed by atoms with Crippen LogP contribution < -0.4 is 9.47 Å². The van der Waals surface area contributed by atoms with Crippen molar-refractivity contribution in [2.24, 2.45) is 5.92 Å². The van der Waals surface area contributed by atoms with Crippen LogP contribution in [0.2, 0.25) is 0 Å². The van der Waals surface area contributed by atoms with Crippen molar-refractivity contribution < 1.29 is 14.3 Å². The van der Waals surface area contributed by atoms with Gasteiger partial charge in [-0.3, -0.25) is 9.78 Å². The molecule has 0 saturated heterocycles. The van der Waals surface area contributed by atoms with E-state index in [9.17, 15) is 4.79 Å². The summed E-state index contributed by atoms with van der Waals surface area (Å²) in [6, 6.07) is 11.8. The smallest absolute Gasteiger partial charge is 0.231 e. The fourth-order valence-corrected chi connectivity index (χ4v) is 3.53. The SMILES string of the molecule is CCCCC(CC)C(=O)N(CCc1ccccn1)Cc1ccc2c(c1)OCO2. The van der Waals surface area contributed by atoms with Gasteiger partial charge in [0.05, 0.1) is 0 Å². The minimum absolute atomic E-state index is 0.0812. The lowest BCUT2D eigenvalue weighted by atomic mass is 9.97. The Morgan fingerprint density at radius 3 is 2.79 bits per heavy atom. The molecule has 0 aliphatic carbocycles. The first-order chi connectivity index (χ1) is 13.7. The van der Waals surface area contributed by atoms with Crippen LogP contribution in [0.1, 0.15) is 50.8 Å². The zero-order chi connectivity index (χ0) is 19.8. The van der Waals surface area contributed by atoms with Crippen LogP contribution in [0.3, 0.4) is 0 Å². The first-order valence-electron chi connectivity index (χ1n) is 10.3. The van der Waals surface area contributed by atoms with E-state index in [1.165, 1.54) is 0 Å². The van der Waals surface area contributed by atoms with Gasteiger partial charge < -0.3 is 14.4 Å². The summed E-state index contributed by atoms with van der Waals surface area (Å²) in [4.78, 5) is 19.7. The Bertz CT molecular complexity index is 764. The fraction of sp³-hybridized carbons (Fsp3) is 0.478. The molecule has 1 aliphatic heterocycles. The third-order valence-corrected chi connectivity index (χ3v) is 5.23. The number of fused-ring (bicyclic) bond motifs is 1. The lowest BCUT2D eigenvalue weighted by Gasteiger charge is -2.27. The standard InChI is InChI=1S/C23H30N2O3/c1-3-5-8-19(4-2)23(26)25(14-12-20-9-6-7-13-24-20)16-18-10-11-21-22(15-18)28-17-27-21/h6-7,9-11,13,15,19H,3-5,8,12,14,16-17H2,1-2H3. The summed E-state index contributed by atoms with van der Waals surface area (Å²) in [5.74, 6) is 1.85. The monoisotopic (exact) mass is 382 g/mol. The number of nitrogens with zero attached hydrogens (tertiary/aromatic N) is 2. The first-order valence-corrected chi connectivity index (χ1v) is 10.3. The van der Waals surface area contributed by atoms with Crippen molar-refractivity contribution in [3.63, 3.8) is 0 Å². The van der Waals surface area contributed by atoms with Crippen molar-refractivity contribution in [2.75, 3.05) is 13.3 Å². The number of carbonyl (C=O) groups is 1. The van der Waals surface area contributed by atoms with Gasteiger partial charge in [-0.15, -0.1) is 0 Å². The number of rotatable bonds is 10. The second kappa shape index (κ2) is 10.1. The van der Waals surface area contributed by atoms with Crippen LogP contribution in [0.15, 0.2) is 42.6 Å². The second-order valence-electron chi connectivity index (χ2n) is 7.27. The molecule has 0 radical (unpaired) electrons. The van der Waals surface area contributed by atoms with Crippen molar-refractivity contribution in [3.8, 4) is 11.5 Å². The molecule has 0 fully saturated rings. The number of carbonyl (C=O) groups excluding carboxylic acids is 1. The van der Waals surface area contributed by atoms with Crippen LogP contribution in [0.5, 0.6) is 11.5 Å². The maximum atomic E-state index is 13.3. The van der Waals surface area contributed by atoms with Crippen LogP contribution in [0, 0.1) is 5.92 Å². The van der Waals surface area contributed by atoms with Crippen molar-refractivity contribution >= 4 is 5.91 Å². The van der Waals surface area contributed by atoms with Gasteiger partial charge in [0.15, 0.2) is 11.5 Å². The van der Waals surface area contributed by atoms with Gasteiger partial charge in [0.25, 0.3) is 0 Å². The van der Waals surface area contributed by atoms with Crippen LogP contribution in [-0.4, -0.2) is 29.1 Å². The lowest BCUT2D eigenvalue weighted by Crippen LogP contribution is -2.37. The molecular formula is C23H30N2O3. The van der Waals surface area contributed by atoms with Gasteiger partial charge in [0.2, 0.25) is 12.7 Å². The van der Waals surface area contributed by atoms with E-state index in [0.29, 0.717) is 13.1 Å². The van der Waals surface area contributed by atoms with E-state index in [2.05, 4.69) is 18.8 Å². The van der Waals surface area contributed by atoms with Gasteiger partial charge in [-0.05, 0) is 42.7 Å². The fourth-order valence-electron chi connectivity index (χ4n) is 3.53. The molecule has 5 nitrogen and oxygen atoms in total. The van der Waals surface area contributed by atoms with E-state index < -0.39 is 0 Å². The average molecular weight is 383 g/mol. The summed E-state index contributed by atoms with van der Waals surface area (Å²) >= 11 is 0. The Balaban J connectivity index is 1.73. The van der Waals surface area contributed by atoms with E-state index in [0.717, 1.165) is 54.9 Å². The zero-order valence-electron chi connectivity index (χ0n) is 16.9. The molecule has 5 heteroatoms. The molecule has 2 heterocycles. The van der Waals surface area contributed by atoms with Gasteiger partial charge in [-0.1, -0.05) is 38.8 Å². The Morgan fingerprint density at radius 2 is 2.04 bits per heavy atom. The van der Waals surface area contributed by atoms with E-state index >= 15 is 0 Å². The van der Waals surface area contributed by atoms with Crippen LogP contribution in [0.4, 0.5) is 0 Å². The molecule has 1 aliphatic rings. The highest BCUT2D eigenvalue weighted by atomic mass is 16.7. The van der Waals surface area contributed by atoms with Crippen molar-refractivity contribution in [3.05, 3.63) is 53.9 Å². The highest BCUT2D eigenvalue weighted by Gasteiger charge is 2.23. The van der Waals surface area contributed by atoms with Gasteiger partial charge in [0, 0.05) is 37.3 Å². The molecule has 1 unspecified atom stereocenters. The predicted octanol–water partition coefficient (Wildman–Crippen LogP) is 4.60. The Labute approximate surface area is 167 Å². The molecule has 28 heavy (non-hydrogen) atoms. The second-order valence-corrected chi connectivity index (χ2v) is 7.27. The summed E-state index contributed by atoms with van der Waals surface area (Å²) in [5, 5.41) is 0. The number of aromatic nitrogens is 1. The maximum absolute atomic E-state index is 13.3. The molecule has 1 aromatic heterocycles. The molecule has 3 rings (SSSR count). The summed E-state index contributed by atoms with van der Waals surface area (Å²) in [5.41, 5.74) is 2.07. The third-order valence-electron chi connectivity index (χ3n) is 5.23. The molecule has 0 bridgehead atoms. The Hall–Kier alpha value is -2.56. The zero-order valence-corrected chi connectivity index (χ0v) is 16.9. The summed E-state index contributed by atoms with van der Waals surface area (Å²) in [7, 11) is 0. The van der Waals surface area contributed by atoms with Gasteiger partial charge in [-0.25, -0.2) is 0 Å². The molecule has 0 N–H and O–H groups in total. The van der Waals surface area contributed by atoms with Gasteiger partial charge >= 0.3 is 0 Å². The minimum Gasteiger partial charge on any atom is -0.454 e. The first kappa shape index (κ1) is 20.2. The third kappa shape index (κ3) is 5.24. The van der Waals surface area contributed by atoms with E-state index in [1.807, 2.05) is 41.3 Å². The van der Waals surface area contributed by atoms with Crippen molar-refractivity contribution in [1.29, 1.82) is 0 Å². The minimum atomic E-state index is 0.0812. The number of pyridine rings is 1. The molecule has 150 valence electrons. The Kier molecular flexibility index (Phi) is 7.29. The highest BCUT2D eigenvalue weighted by Crippen LogP contribution is 2.33. The van der Waals surface area contributed by atoms with E-state index in [1.54, 1.807) is 6.20 Å². The highest BCUT2D eigenvalue weighted by molar-refractivity contribution is 5.78. The number of benzene rings is 1. The number of hydrogen-bond donors (Lipinski definition) is 0. The largest absolute Gasteiger partial charge is 0.454 e. The summed E-state index contributed by atoms with van der Waals surface area (Å²) < 4.78 is 10.9. The van der Waals surface area contributed by atoms with Crippen LogP contribution in [0.25, 0.3) is 0 Å². The summed E-state index contributed by atoms with van der Waals surface area (Å²) in [6.45, 7) is 5.77. The number of hydrogen-bond acceptors (Lipinski definition) is 4. The molecule has 1 aromatic carbocycles. The topological polar surface area (TPSA) is 51.7 Å². The normalized spacial score (nSPS) is 13.4. The summed E-state index contributed by atoms with van der Waals surface area (Å²) in [6.07, 6.45) is 6.58. The quantitative estimate of drug-likeness (QED) is 0.603. The van der Waals surface area contributed by atoms with E-state index in [4.69, 9.17) is 9.47 Å². The Morgan fingerprint density at radius 1 is 1.18 bits per heavy atom. The maximum Gasteiger partial charge on any atom is 0.231 e. The van der Waals surface area contributed by atoms with Crippen LogP contribution in [-0.2, 0) is 17.8 Å². The van der Waals surface area contributed by atoms with Crippen molar-refractivity contribution in [2.45, 2.75) is 52.5 Å². The van der Waals surface area contributed by atoms with E-state index in [-0.39, 0.29) is 18.6 Å². The molecule has 2 aromatic rings.